The van der Waals surface area contributed by atoms with Gasteiger partial charge in [0.2, 0.25) is 0 Å². The SMILES string of the molecule is CCOC(=O)c1cccc(Sc2ccc(F)cc2F)c1N. The Kier molecular flexibility index (Phi) is 4.80. The van der Waals surface area contributed by atoms with Crippen molar-refractivity contribution in [1.29, 1.82) is 0 Å². The maximum absolute atomic E-state index is 13.7. The average Bonchev–Trinajstić information content (AvgIpc) is 2.44. The van der Waals surface area contributed by atoms with Gasteiger partial charge in [0.05, 0.1) is 17.9 Å². The molecule has 0 heterocycles. The molecule has 2 aromatic carbocycles. The Hall–Kier alpha value is -2.08. The van der Waals surface area contributed by atoms with E-state index < -0.39 is 17.6 Å². The second-order valence-corrected chi connectivity index (χ2v) is 5.20. The normalized spacial score (nSPS) is 10.4. The van der Waals surface area contributed by atoms with Crippen LogP contribution in [0.4, 0.5) is 14.5 Å². The van der Waals surface area contributed by atoms with Crippen LogP contribution < -0.4 is 5.73 Å². The Labute approximate surface area is 125 Å². The van der Waals surface area contributed by atoms with Crippen molar-refractivity contribution in [3.63, 3.8) is 0 Å². The van der Waals surface area contributed by atoms with E-state index in [2.05, 4.69) is 0 Å². The van der Waals surface area contributed by atoms with Gasteiger partial charge >= 0.3 is 5.97 Å². The van der Waals surface area contributed by atoms with Gasteiger partial charge in [0.1, 0.15) is 11.6 Å². The van der Waals surface area contributed by atoms with Crippen molar-refractivity contribution in [2.75, 3.05) is 12.3 Å². The number of hydrogen-bond acceptors (Lipinski definition) is 4. The minimum atomic E-state index is -0.680. The number of anilines is 1. The van der Waals surface area contributed by atoms with Crippen LogP contribution in [-0.2, 0) is 4.74 Å². The van der Waals surface area contributed by atoms with Gasteiger partial charge in [-0.1, -0.05) is 17.8 Å². The molecule has 0 aliphatic carbocycles. The fraction of sp³-hybridized carbons (Fsp3) is 0.133. The molecular weight excluding hydrogens is 296 g/mol. The summed E-state index contributed by atoms with van der Waals surface area (Å²) in [6.45, 7) is 1.93. The standard InChI is InChI=1S/C15H13F2NO2S/c1-2-20-15(19)10-4-3-5-13(14(10)18)21-12-7-6-9(16)8-11(12)17/h3-8H,2,18H2,1H3. The van der Waals surface area contributed by atoms with Gasteiger partial charge in [-0.15, -0.1) is 0 Å². The molecule has 2 rings (SSSR count). The second-order valence-electron chi connectivity index (χ2n) is 4.11. The lowest BCUT2D eigenvalue weighted by Crippen LogP contribution is -2.08. The Morgan fingerprint density at radius 3 is 2.67 bits per heavy atom. The molecule has 0 bridgehead atoms. The summed E-state index contributed by atoms with van der Waals surface area (Å²) in [6, 6.07) is 8.12. The molecule has 0 saturated carbocycles. The number of rotatable bonds is 4. The molecule has 0 aliphatic heterocycles. The molecule has 0 saturated heterocycles. The number of hydrogen-bond donors (Lipinski definition) is 1. The van der Waals surface area contributed by atoms with Crippen LogP contribution in [0.2, 0.25) is 0 Å². The second kappa shape index (κ2) is 6.58. The minimum Gasteiger partial charge on any atom is -0.462 e. The number of benzene rings is 2. The van der Waals surface area contributed by atoms with Crippen LogP contribution in [0, 0.1) is 11.6 Å². The average molecular weight is 309 g/mol. The predicted octanol–water partition coefficient (Wildman–Crippen LogP) is 3.87. The molecule has 0 atom stereocenters. The van der Waals surface area contributed by atoms with Crippen LogP contribution in [0.1, 0.15) is 17.3 Å². The van der Waals surface area contributed by atoms with Gasteiger partial charge in [-0.2, -0.15) is 0 Å². The van der Waals surface area contributed by atoms with Gasteiger partial charge in [0, 0.05) is 15.9 Å². The summed E-state index contributed by atoms with van der Waals surface area (Å²) in [5, 5.41) is 0. The van der Waals surface area contributed by atoms with Crippen LogP contribution >= 0.6 is 11.8 Å². The number of esters is 1. The highest BCUT2D eigenvalue weighted by Crippen LogP contribution is 2.35. The lowest BCUT2D eigenvalue weighted by Gasteiger charge is -2.10. The van der Waals surface area contributed by atoms with Crippen molar-refractivity contribution >= 4 is 23.4 Å². The minimum absolute atomic E-state index is 0.213. The van der Waals surface area contributed by atoms with Crippen molar-refractivity contribution < 1.29 is 18.3 Å². The van der Waals surface area contributed by atoms with Crippen LogP contribution in [0.3, 0.4) is 0 Å². The van der Waals surface area contributed by atoms with E-state index in [4.69, 9.17) is 10.5 Å². The number of nitrogen functional groups attached to an aromatic ring is 1. The molecule has 0 fully saturated rings. The third-order valence-electron chi connectivity index (χ3n) is 2.68. The van der Waals surface area contributed by atoms with Crippen LogP contribution in [0.15, 0.2) is 46.2 Å². The van der Waals surface area contributed by atoms with Crippen molar-refractivity contribution in [3.8, 4) is 0 Å². The smallest absolute Gasteiger partial charge is 0.340 e. The van der Waals surface area contributed by atoms with Gasteiger partial charge < -0.3 is 10.5 Å². The molecule has 0 aliphatic rings. The molecule has 0 aromatic heterocycles. The first-order chi connectivity index (χ1) is 10.0. The highest BCUT2D eigenvalue weighted by molar-refractivity contribution is 7.99. The van der Waals surface area contributed by atoms with E-state index >= 15 is 0 Å². The van der Waals surface area contributed by atoms with Gasteiger partial charge in [0.15, 0.2) is 0 Å². The molecule has 21 heavy (non-hydrogen) atoms. The molecule has 0 amide bonds. The fourth-order valence-electron chi connectivity index (χ4n) is 1.70. The number of halogens is 2. The summed E-state index contributed by atoms with van der Waals surface area (Å²) >= 11 is 1.02. The zero-order valence-electron chi connectivity index (χ0n) is 11.2. The molecule has 0 radical (unpaired) electrons. The fourth-order valence-corrected chi connectivity index (χ4v) is 2.59. The molecule has 3 nitrogen and oxygen atoms in total. The van der Waals surface area contributed by atoms with Crippen molar-refractivity contribution in [2.45, 2.75) is 16.7 Å². The lowest BCUT2D eigenvalue weighted by atomic mass is 10.2. The van der Waals surface area contributed by atoms with Gasteiger partial charge in [-0.3, -0.25) is 0 Å². The summed E-state index contributed by atoms with van der Waals surface area (Å²) in [5.41, 5.74) is 6.36. The topological polar surface area (TPSA) is 52.3 Å². The highest BCUT2D eigenvalue weighted by Gasteiger charge is 2.15. The van der Waals surface area contributed by atoms with Gasteiger partial charge in [-0.25, -0.2) is 13.6 Å². The zero-order chi connectivity index (χ0) is 15.4. The molecule has 0 spiro atoms. The van der Waals surface area contributed by atoms with Crippen molar-refractivity contribution in [2.24, 2.45) is 0 Å². The zero-order valence-corrected chi connectivity index (χ0v) is 12.0. The Morgan fingerprint density at radius 1 is 1.24 bits per heavy atom. The number of para-hydroxylation sites is 1. The first-order valence-corrected chi connectivity index (χ1v) is 7.03. The van der Waals surface area contributed by atoms with E-state index in [1.807, 2.05) is 0 Å². The van der Waals surface area contributed by atoms with Gasteiger partial charge in [-0.05, 0) is 31.2 Å². The summed E-state index contributed by atoms with van der Waals surface area (Å²) in [5.74, 6) is -1.86. The van der Waals surface area contributed by atoms with E-state index in [0.29, 0.717) is 4.90 Å². The summed E-state index contributed by atoms with van der Waals surface area (Å²) in [7, 11) is 0. The van der Waals surface area contributed by atoms with Crippen LogP contribution in [0.5, 0.6) is 0 Å². The lowest BCUT2D eigenvalue weighted by molar-refractivity contribution is 0.0527. The van der Waals surface area contributed by atoms with E-state index in [0.717, 1.165) is 23.9 Å². The van der Waals surface area contributed by atoms with Gasteiger partial charge in [0.25, 0.3) is 0 Å². The van der Waals surface area contributed by atoms with E-state index in [9.17, 15) is 13.6 Å². The predicted molar refractivity (Wildman–Crippen MR) is 77.3 cm³/mol. The molecule has 2 N–H and O–H groups in total. The maximum atomic E-state index is 13.7. The third kappa shape index (κ3) is 3.52. The summed E-state index contributed by atoms with van der Waals surface area (Å²) in [6.07, 6.45) is 0. The third-order valence-corrected chi connectivity index (χ3v) is 3.80. The summed E-state index contributed by atoms with van der Waals surface area (Å²) < 4.78 is 31.4. The Morgan fingerprint density at radius 2 is 2.00 bits per heavy atom. The number of carbonyl (C=O) groups is 1. The maximum Gasteiger partial charge on any atom is 0.340 e. The number of carbonyl (C=O) groups excluding carboxylic acids is 1. The van der Waals surface area contributed by atoms with Crippen molar-refractivity contribution in [1.82, 2.24) is 0 Å². The molecule has 110 valence electrons. The summed E-state index contributed by atoms with van der Waals surface area (Å²) in [4.78, 5) is 12.5. The quantitative estimate of drug-likeness (QED) is 0.688. The largest absolute Gasteiger partial charge is 0.462 e. The first kappa shape index (κ1) is 15.3. The Bertz CT molecular complexity index is 677. The molecular formula is C15H13F2NO2S. The van der Waals surface area contributed by atoms with E-state index in [-0.39, 0.29) is 22.8 Å². The van der Waals surface area contributed by atoms with Crippen molar-refractivity contribution in [3.05, 3.63) is 53.6 Å². The molecule has 0 unspecified atom stereocenters. The monoisotopic (exact) mass is 309 g/mol. The molecule has 6 heteroatoms. The number of nitrogens with two attached hydrogens (primary N) is 1. The van der Waals surface area contributed by atoms with E-state index in [1.54, 1.807) is 25.1 Å². The van der Waals surface area contributed by atoms with E-state index in [1.165, 1.54) is 6.07 Å². The Balaban J connectivity index is 2.32. The number of ether oxygens (including phenoxy) is 1. The first-order valence-electron chi connectivity index (χ1n) is 6.21. The highest BCUT2D eigenvalue weighted by atomic mass is 32.2. The molecule has 2 aromatic rings. The van der Waals surface area contributed by atoms with Crippen LogP contribution in [-0.4, -0.2) is 12.6 Å². The van der Waals surface area contributed by atoms with Crippen LogP contribution in [0.25, 0.3) is 0 Å².